The number of β-amino-alcohol motifs (C(OH)–C–C–N with tert-alkyl or cyclic N) is 1. The zero-order chi connectivity index (χ0) is 14.4. The third-order valence-electron chi connectivity index (χ3n) is 3.28. The molecule has 112 valence electrons. The number of ether oxygens (including phenoxy) is 1. The fourth-order valence-corrected chi connectivity index (χ4v) is 2.18. The van der Waals surface area contributed by atoms with E-state index in [-0.39, 0.29) is 6.54 Å². The van der Waals surface area contributed by atoms with E-state index in [0.717, 1.165) is 19.2 Å². The summed E-state index contributed by atoms with van der Waals surface area (Å²) in [4.78, 5) is 2.13. The lowest BCUT2D eigenvalue weighted by Gasteiger charge is -2.28. The Labute approximate surface area is 117 Å². The lowest BCUT2D eigenvalue weighted by molar-refractivity contribution is 0.0149. The van der Waals surface area contributed by atoms with Crippen LogP contribution in [0.4, 0.5) is 8.78 Å². The summed E-state index contributed by atoms with van der Waals surface area (Å²) in [6.07, 6.45) is -0.517. The Kier molecular flexibility index (Phi) is 5.85. The van der Waals surface area contributed by atoms with Crippen molar-refractivity contribution < 1.29 is 18.6 Å². The maximum atomic E-state index is 13.4. The van der Waals surface area contributed by atoms with Crippen LogP contribution in [0, 0.1) is 11.6 Å². The van der Waals surface area contributed by atoms with Crippen molar-refractivity contribution in [2.24, 2.45) is 0 Å². The van der Waals surface area contributed by atoms with E-state index in [4.69, 9.17) is 4.74 Å². The first-order valence-corrected chi connectivity index (χ1v) is 6.78. The number of aliphatic hydroxyl groups is 1. The zero-order valence-electron chi connectivity index (χ0n) is 11.3. The largest absolute Gasteiger partial charge is 0.390 e. The molecule has 1 aliphatic heterocycles. The van der Waals surface area contributed by atoms with Gasteiger partial charge in [0, 0.05) is 44.4 Å². The summed E-state index contributed by atoms with van der Waals surface area (Å²) in [5, 5.41) is 12.9. The fraction of sp³-hybridized carbons (Fsp3) is 0.571. The third-order valence-corrected chi connectivity index (χ3v) is 3.28. The van der Waals surface area contributed by atoms with E-state index in [1.807, 2.05) is 0 Å². The summed E-state index contributed by atoms with van der Waals surface area (Å²) in [6.45, 7) is 4.25. The van der Waals surface area contributed by atoms with Crippen molar-refractivity contribution >= 4 is 0 Å². The molecule has 0 radical (unpaired) electrons. The van der Waals surface area contributed by atoms with Gasteiger partial charge in [-0.25, -0.2) is 8.78 Å². The number of halogens is 2. The molecule has 0 bridgehead atoms. The van der Waals surface area contributed by atoms with Crippen LogP contribution in [-0.4, -0.2) is 55.5 Å². The van der Waals surface area contributed by atoms with Crippen LogP contribution in [0.15, 0.2) is 18.2 Å². The van der Waals surface area contributed by atoms with Gasteiger partial charge in [-0.05, 0) is 6.07 Å². The second kappa shape index (κ2) is 7.64. The zero-order valence-corrected chi connectivity index (χ0v) is 11.3. The molecule has 1 aromatic carbocycles. The van der Waals surface area contributed by atoms with E-state index >= 15 is 0 Å². The van der Waals surface area contributed by atoms with Gasteiger partial charge in [-0.15, -0.1) is 0 Å². The molecule has 0 aromatic heterocycles. The average molecular weight is 286 g/mol. The highest BCUT2D eigenvalue weighted by atomic mass is 19.1. The number of nitrogens with zero attached hydrogens (tertiary/aromatic N) is 1. The lowest BCUT2D eigenvalue weighted by atomic mass is 10.2. The molecule has 0 saturated carbocycles. The maximum Gasteiger partial charge on any atom is 0.130 e. The van der Waals surface area contributed by atoms with Crippen molar-refractivity contribution in [3.8, 4) is 0 Å². The fourth-order valence-electron chi connectivity index (χ4n) is 2.18. The van der Waals surface area contributed by atoms with Gasteiger partial charge < -0.3 is 15.2 Å². The maximum absolute atomic E-state index is 13.4. The first-order chi connectivity index (χ1) is 9.65. The van der Waals surface area contributed by atoms with Crippen LogP contribution in [0.5, 0.6) is 0 Å². The number of hydrogen-bond acceptors (Lipinski definition) is 4. The van der Waals surface area contributed by atoms with E-state index < -0.39 is 17.7 Å². The van der Waals surface area contributed by atoms with Crippen molar-refractivity contribution in [3.63, 3.8) is 0 Å². The van der Waals surface area contributed by atoms with Gasteiger partial charge in [-0.3, -0.25) is 4.90 Å². The Balaban J connectivity index is 1.69. The molecule has 6 heteroatoms. The van der Waals surface area contributed by atoms with Crippen LogP contribution in [0.3, 0.4) is 0 Å². The van der Waals surface area contributed by atoms with Crippen LogP contribution in [0.1, 0.15) is 5.56 Å². The molecule has 1 aromatic rings. The molecule has 0 aliphatic carbocycles. The molecule has 2 N–H and O–H groups in total. The quantitative estimate of drug-likeness (QED) is 0.810. The van der Waals surface area contributed by atoms with Crippen LogP contribution >= 0.6 is 0 Å². The highest BCUT2D eigenvalue weighted by Crippen LogP contribution is 2.09. The minimum atomic E-state index is -0.585. The first-order valence-electron chi connectivity index (χ1n) is 6.78. The Morgan fingerprint density at radius 2 is 2.05 bits per heavy atom. The standard InChI is InChI=1S/C14H20F2N2O2/c15-12-2-1-11(14(16)7-12)8-17-9-13(19)10-18-3-5-20-6-4-18/h1-2,7,13,17,19H,3-6,8-10H2. The summed E-state index contributed by atoms with van der Waals surface area (Å²) < 4.78 is 31.4. The Morgan fingerprint density at radius 1 is 1.30 bits per heavy atom. The van der Waals surface area contributed by atoms with E-state index in [2.05, 4.69) is 10.2 Å². The second-order valence-corrected chi connectivity index (χ2v) is 4.93. The predicted molar refractivity (Wildman–Crippen MR) is 71.3 cm³/mol. The Hall–Kier alpha value is -1.08. The van der Waals surface area contributed by atoms with Crippen LogP contribution in [-0.2, 0) is 11.3 Å². The molecule has 1 fully saturated rings. The van der Waals surface area contributed by atoms with Crippen molar-refractivity contribution in [2.75, 3.05) is 39.4 Å². The van der Waals surface area contributed by atoms with Crippen LogP contribution in [0.2, 0.25) is 0 Å². The molecule has 2 rings (SSSR count). The lowest BCUT2D eigenvalue weighted by Crippen LogP contribution is -2.43. The van der Waals surface area contributed by atoms with E-state index in [9.17, 15) is 13.9 Å². The summed E-state index contributed by atoms with van der Waals surface area (Å²) in [5.41, 5.74) is 0.393. The summed E-state index contributed by atoms with van der Waals surface area (Å²) in [7, 11) is 0. The van der Waals surface area contributed by atoms with E-state index in [0.29, 0.717) is 31.9 Å². The molecule has 1 aliphatic rings. The predicted octanol–water partition coefficient (Wildman–Crippen LogP) is 0.747. The molecular formula is C14H20F2N2O2. The molecule has 1 saturated heterocycles. The second-order valence-electron chi connectivity index (χ2n) is 4.93. The Bertz CT molecular complexity index is 426. The van der Waals surface area contributed by atoms with E-state index in [1.54, 1.807) is 0 Å². The topological polar surface area (TPSA) is 44.7 Å². The molecule has 0 spiro atoms. The van der Waals surface area contributed by atoms with Gasteiger partial charge in [0.05, 0.1) is 19.3 Å². The number of rotatable bonds is 6. The van der Waals surface area contributed by atoms with Gasteiger partial charge in [0.2, 0.25) is 0 Å². The summed E-state index contributed by atoms with van der Waals surface area (Å²) >= 11 is 0. The van der Waals surface area contributed by atoms with Gasteiger partial charge >= 0.3 is 0 Å². The van der Waals surface area contributed by atoms with Gasteiger partial charge in [0.15, 0.2) is 0 Å². The average Bonchev–Trinajstić information content (AvgIpc) is 2.42. The van der Waals surface area contributed by atoms with Crippen molar-refractivity contribution in [1.29, 1.82) is 0 Å². The van der Waals surface area contributed by atoms with Crippen LogP contribution in [0.25, 0.3) is 0 Å². The molecule has 4 nitrogen and oxygen atoms in total. The highest BCUT2D eigenvalue weighted by molar-refractivity contribution is 5.18. The van der Waals surface area contributed by atoms with Crippen molar-refractivity contribution in [1.82, 2.24) is 10.2 Å². The monoisotopic (exact) mass is 286 g/mol. The molecule has 1 heterocycles. The van der Waals surface area contributed by atoms with Gasteiger partial charge in [0.25, 0.3) is 0 Å². The molecule has 1 unspecified atom stereocenters. The molecule has 1 atom stereocenters. The molecular weight excluding hydrogens is 266 g/mol. The first kappa shape index (κ1) is 15.3. The molecule has 0 amide bonds. The number of benzene rings is 1. The van der Waals surface area contributed by atoms with Gasteiger partial charge in [-0.1, -0.05) is 6.07 Å². The minimum absolute atomic E-state index is 0.270. The minimum Gasteiger partial charge on any atom is -0.390 e. The number of aliphatic hydroxyl groups excluding tert-OH is 1. The summed E-state index contributed by atoms with van der Waals surface area (Å²) in [6, 6.07) is 3.50. The SMILES string of the molecule is OC(CNCc1ccc(F)cc1F)CN1CCOCC1. The summed E-state index contributed by atoms with van der Waals surface area (Å²) in [5.74, 6) is -1.15. The number of morpholine rings is 1. The Morgan fingerprint density at radius 3 is 2.75 bits per heavy atom. The smallest absolute Gasteiger partial charge is 0.130 e. The van der Waals surface area contributed by atoms with Gasteiger partial charge in [0.1, 0.15) is 11.6 Å². The number of nitrogens with one attached hydrogen (secondary N) is 1. The van der Waals surface area contributed by atoms with Crippen LogP contribution < -0.4 is 5.32 Å². The normalized spacial score (nSPS) is 18.1. The van der Waals surface area contributed by atoms with Gasteiger partial charge in [-0.2, -0.15) is 0 Å². The molecule has 20 heavy (non-hydrogen) atoms. The number of hydrogen-bond donors (Lipinski definition) is 2. The van der Waals surface area contributed by atoms with E-state index in [1.165, 1.54) is 12.1 Å². The third kappa shape index (κ3) is 4.79. The van der Waals surface area contributed by atoms with Crippen molar-refractivity contribution in [3.05, 3.63) is 35.4 Å². The highest BCUT2D eigenvalue weighted by Gasteiger charge is 2.14. The van der Waals surface area contributed by atoms with Crippen molar-refractivity contribution in [2.45, 2.75) is 12.6 Å².